The van der Waals surface area contributed by atoms with E-state index in [-0.39, 0.29) is 12.1 Å². The van der Waals surface area contributed by atoms with E-state index in [9.17, 15) is 4.79 Å². The van der Waals surface area contributed by atoms with Crippen molar-refractivity contribution >= 4 is 5.97 Å². The van der Waals surface area contributed by atoms with Crippen molar-refractivity contribution < 1.29 is 9.53 Å². The summed E-state index contributed by atoms with van der Waals surface area (Å²) in [4.78, 5) is 11.4. The Morgan fingerprint density at radius 2 is 2.21 bits per heavy atom. The van der Waals surface area contributed by atoms with Gasteiger partial charge in [0.1, 0.15) is 6.10 Å². The number of fused-ring (bicyclic) bond motifs is 1. The van der Waals surface area contributed by atoms with Crippen molar-refractivity contribution in [2.24, 2.45) is 0 Å². The Labute approximate surface area is 82.9 Å². The molecule has 1 aromatic carbocycles. The van der Waals surface area contributed by atoms with E-state index >= 15 is 0 Å². The zero-order valence-electron chi connectivity index (χ0n) is 7.69. The number of benzene rings is 1. The number of terminal acetylenes is 1. The van der Waals surface area contributed by atoms with Crippen LogP contribution in [0.5, 0.6) is 0 Å². The third-order valence-corrected chi connectivity index (χ3v) is 2.33. The molecule has 0 bridgehead atoms. The minimum atomic E-state index is -0.234. The van der Waals surface area contributed by atoms with E-state index in [4.69, 9.17) is 11.2 Å². The Balaban J connectivity index is 2.26. The molecule has 2 nitrogen and oxygen atoms in total. The average Bonchev–Trinajstić information content (AvgIpc) is 2.54. The maximum atomic E-state index is 11.4. The van der Waals surface area contributed by atoms with Gasteiger partial charge in [0, 0.05) is 12.0 Å². The molecule has 0 N–H and O–H groups in total. The first-order chi connectivity index (χ1) is 6.83. The average molecular weight is 186 g/mol. The van der Waals surface area contributed by atoms with Gasteiger partial charge in [0.25, 0.3) is 0 Å². The highest BCUT2D eigenvalue weighted by Crippen LogP contribution is 2.33. The standard InChI is InChI=1S/C12H10O2/c1-2-3-8-11-9-6-4-5-7-10(9)12(13)14-11/h1,4-7,11H,3,8H2. The summed E-state index contributed by atoms with van der Waals surface area (Å²) in [6.07, 6.45) is 6.37. The van der Waals surface area contributed by atoms with Gasteiger partial charge in [-0.2, -0.15) is 0 Å². The summed E-state index contributed by atoms with van der Waals surface area (Å²) in [6.45, 7) is 0. The maximum Gasteiger partial charge on any atom is 0.339 e. The summed E-state index contributed by atoms with van der Waals surface area (Å²) in [7, 11) is 0. The monoisotopic (exact) mass is 186 g/mol. The molecule has 0 spiro atoms. The molecule has 1 aliphatic rings. The van der Waals surface area contributed by atoms with Crippen LogP contribution >= 0.6 is 0 Å². The lowest BCUT2D eigenvalue weighted by atomic mass is 10.0. The fourth-order valence-corrected chi connectivity index (χ4v) is 1.65. The lowest BCUT2D eigenvalue weighted by molar-refractivity contribution is 0.0372. The number of hydrogen-bond acceptors (Lipinski definition) is 2. The van der Waals surface area contributed by atoms with Crippen LogP contribution < -0.4 is 0 Å². The van der Waals surface area contributed by atoms with Crippen LogP contribution in [0.2, 0.25) is 0 Å². The highest BCUT2D eigenvalue weighted by Gasteiger charge is 2.29. The second-order valence-electron chi connectivity index (χ2n) is 3.22. The van der Waals surface area contributed by atoms with Crippen LogP contribution in [0.1, 0.15) is 34.9 Å². The molecule has 1 aliphatic heterocycles. The van der Waals surface area contributed by atoms with Crippen LogP contribution in [0.4, 0.5) is 0 Å². The van der Waals surface area contributed by atoms with E-state index in [1.807, 2.05) is 18.2 Å². The lowest BCUT2D eigenvalue weighted by Crippen LogP contribution is -1.97. The molecule has 0 aliphatic carbocycles. The molecule has 1 unspecified atom stereocenters. The summed E-state index contributed by atoms with van der Waals surface area (Å²) >= 11 is 0. The predicted octanol–water partition coefficient (Wildman–Crippen LogP) is 2.31. The van der Waals surface area contributed by atoms with Gasteiger partial charge < -0.3 is 4.74 Å². The first-order valence-electron chi connectivity index (χ1n) is 4.56. The van der Waals surface area contributed by atoms with Crippen molar-refractivity contribution in [3.63, 3.8) is 0 Å². The van der Waals surface area contributed by atoms with Crippen molar-refractivity contribution in [2.45, 2.75) is 18.9 Å². The molecule has 1 heterocycles. The molecule has 0 amide bonds. The Morgan fingerprint density at radius 1 is 1.43 bits per heavy atom. The number of esters is 1. The van der Waals surface area contributed by atoms with Crippen LogP contribution in [-0.2, 0) is 4.74 Å². The third kappa shape index (κ3) is 1.38. The van der Waals surface area contributed by atoms with Gasteiger partial charge >= 0.3 is 5.97 Å². The second-order valence-corrected chi connectivity index (χ2v) is 3.22. The maximum absolute atomic E-state index is 11.4. The van der Waals surface area contributed by atoms with Crippen molar-refractivity contribution in [3.05, 3.63) is 35.4 Å². The first kappa shape index (κ1) is 8.83. The first-order valence-corrected chi connectivity index (χ1v) is 4.56. The number of carbonyl (C=O) groups excluding carboxylic acids is 1. The normalized spacial score (nSPS) is 18.5. The molecule has 0 saturated carbocycles. The number of hydrogen-bond donors (Lipinski definition) is 0. The molecule has 0 radical (unpaired) electrons. The van der Waals surface area contributed by atoms with E-state index in [1.165, 1.54) is 0 Å². The van der Waals surface area contributed by atoms with Crippen LogP contribution in [0.25, 0.3) is 0 Å². The summed E-state index contributed by atoms with van der Waals surface area (Å²) in [5.74, 6) is 2.32. The Bertz CT molecular complexity index is 401. The minimum Gasteiger partial charge on any atom is -0.454 e. The van der Waals surface area contributed by atoms with Gasteiger partial charge in [-0.25, -0.2) is 4.79 Å². The predicted molar refractivity (Wildman–Crippen MR) is 52.7 cm³/mol. The van der Waals surface area contributed by atoms with E-state index in [1.54, 1.807) is 6.07 Å². The Hall–Kier alpha value is -1.75. The van der Waals surface area contributed by atoms with Gasteiger partial charge in [0.2, 0.25) is 0 Å². The zero-order chi connectivity index (χ0) is 9.97. The fraction of sp³-hybridized carbons (Fsp3) is 0.250. The number of carbonyl (C=O) groups is 1. The van der Waals surface area contributed by atoms with Crippen LogP contribution in [-0.4, -0.2) is 5.97 Å². The summed E-state index contributed by atoms with van der Waals surface area (Å²) in [6, 6.07) is 7.45. The van der Waals surface area contributed by atoms with Crippen molar-refractivity contribution in [2.75, 3.05) is 0 Å². The summed E-state index contributed by atoms with van der Waals surface area (Å²) in [5.41, 5.74) is 1.64. The number of ether oxygens (including phenoxy) is 1. The fourth-order valence-electron chi connectivity index (χ4n) is 1.65. The highest BCUT2D eigenvalue weighted by atomic mass is 16.5. The smallest absolute Gasteiger partial charge is 0.339 e. The largest absolute Gasteiger partial charge is 0.454 e. The molecule has 0 saturated heterocycles. The van der Waals surface area contributed by atoms with Crippen LogP contribution in [0, 0.1) is 12.3 Å². The minimum absolute atomic E-state index is 0.144. The van der Waals surface area contributed by atoms with E-state index in [0.717, 1.165) is 5.56 Å². The molecule has 0 aromatic heterocycles. The van der Waals surface area contributed by atoms with Crippen molar-refractivity contribution in [1.29, 1.82) is 0 Å². The molecular formula is C12H10O2. The lowest BCUT2D eigenvalue weighted by Gasteiger charge is -2.07. The number of rotatable bonds is 2. The molecule has 1 atom stereocenters. The van der Waals surface area contributed by atoms with Gasteiger partial charge in [-0.1, -0.05) is 18.2 Å². The molecule has 2 heteroatoms. The quantitative estimate of drug-likeness (QED) is 0.523. The summed E-state index contributed by atoms with van der Waals surface area (Å²) in [5, 5.41) is 0. The molecule has 14 heavy (non-hydrogen) atoms. The third-order valence-electron chi connectivity index (χ3n) is 2.33. The van der Waals surface area contributed by atoms with Crippen molar-refractivity contribution in [1.82, 2.24) is 0 Å². The molecule has 1 aromatic rings. The molecule has 2 rings (SSSR count). The number of cyclic esters (lactones) is 1. The second kappa shape index (κ2) is 3.55. The van der Waals surface area contributed by atoms with Gasteiger partial charge in [0.15, 0.2) is 0 Å². The van der Waals surface area contributed by atoms with Gasteiger partial charge in [0.05, 0.1) is 5.56 Å². The van der Waals surface area contributed by atoms with Crippen LogP contribution in [0.15, 0.2) is 24.3 Å². The summed E-state index contributed by atoms with van der Waals surface area (Å²) < 4.78 is 5.20. The highest BCUT2D eigenvalue weighted by molar-refractivity contribution is 5.93. The van der Waals surface area contributed by atoms with E-state index in [0.29, 0.717) is 18.4 Å². The zero-order valence-corrected chi connectivity index (χ0v) is 7.69. The molecular weight excluding hydrogens is 176 g/mol. The SMILES string of the molecule is C#CCCC1OC(=O)c2ccccc21. The Morgan fingerprint density at radius 3 is 3.00 bits per heavy atom. The van der Waals surface area contributed by atoms with Crippen LogP contribution in [0.3, 0.4) is 0 Å². The molecule has 70 valence electrons. The van der Waals surface area contributed by atoms with E-state index < -0.39 is 0 Å². The van der Waals surface area contributed by atoms with Crippen molar-refractivity contribution in [3.8, 4) is 12.3 Å². The van der Waals surface area contributed by atoms with Gasteiger partial charge in [-0.15, -0.1) is 12.3 Å². The topological polar surface area (TPSA) is 26.3 Å². The van der Waals surface area contributed by atoms with Gasteiger partial charge in [-0.3, -0.25) is 0 Å². The van der Waals surface area contributed by atoms with E-state index in [2.05, 4.69) is 5.92 Å². The van der Waals surface area contributed by atoms with Gasteiger partial charge in [-0.05, 0) is 12.5 Å². The molecule has 0 fully saturated rings. The Kier molecular flexibility index (Phi) is 2.24.